The van der Waals surface area contributed by atoms with Crippen molar-refractivity contribution in [3.8, 4) is 22.0 Å². The van der Waals surface area contributed by atoms with Gasteiger partial charge in [0.2, 0.25) is 0 Å². The summed E-state index contributed by atoms with van der Waals surface area (Å²) in [6, 6.07) is 19.4. The molecule has 0 amide bonds. The third-order valence-electron chi connectivity index (χ3n) is 5.88. The maximum absolute atomic E-state index is 5.01. The number of aromatic nitrogens is 4. The van der Waals surface area contributed by atoms with E-state index < -0.39 is 0 Å². The van der Waals surface area contributed by atoms with Crippen molar-refractivity contribution in [2.45, 2.75) is 44.6 Å². The molecule has 2 aromatic carbocycles. The Morgan fingerprint density at radius 2 is 1.82 bits per heavy atom. The first-order valence-electron chi connectivity index (χ1n) is 11.2. The minimum Gasteiger partial charge on any atom is -0.299 e. The molecule has 5 rings (SSSR count). The molecule has 34 heavy (non-hydrogen) atoms. The SMILES string of the molecule is Cc1cc2nc(-c3cccs3)cc(-c3nnc(SCc4cccc(Br)c4)n3C(C)C)c2cc1C. The van der Waals surface area contributed by atoms with E-state index >= 15 is 0 Å². The van der Waals surface area contributed by atoms with E-state index in [1.807, 2.05) is 6.07 Å². The topological polar surface area (TPSA) is 43.6 Å². The lowest BCUT2D eigenvalue weighted by Crippen LogP contribution is -2.06. The molecule has 0 spiro atoms. The zero-order chi connectivity index (χ0) is 23.8. The van der Waals surface area contributed by atoms with Gasteiger partial charge in [0, 0.05) is 27.2 Å². The molecule has 0 radical (unpaired) electrons. The average molecular weight is 550 g/mol. The number of aryl methyl sites for hydroxylation is 2. The number of halogens is 1. The van der Waals surface area contributed by atoms with Crippen LogP contribution >= 0.6 is 39.0 Å². The van der Waals surface area contributed by atoms with Crippen LogP contribution in [0.4, 0.5) is 0 Å². The maximum atomic E-state index is 5.01. The fourth-order valence-corrected chi connectivity index (χ4v) is 6.16. The van der Waals surface area contributed by atoms with E-state index in [9.17, 15) is 0 Å². The number of hydrogen-bond acceptors (Lipinski definition) is 5. The monoisotopic (exact) mass is 548 g/mol. The number of rotatable bonds is 6. The summed E-state index contributed by atoms with van der Waals surface area (Å²) < 4.78 is 3.34. The minimum absolute atomic E-state index is 0.218. The van der Waals surface area contributed by atoms with Crippen LogP contribution in [0.25, 0.3) is 32.9 Å². The van der Waals surface area contributed by atoms with Crippen molar-refractivity contribution in [3.63, 3.8) is 0 Å². The Hall–Kier alpha value is -2.48. The minimum atomic E-state index is 0.218. The zero-order valence-corrected chi connectivity index (χ0v) is 22.8. The van der Waals surface area contributed by atoms with Gasteiger partial charge in [0.05, 0.1) is 16.1 Å². The molecule has 3 heterocycles. The summed E-state index contributed by atoms with van der Waals surface area (Å²) in [6.45, 7) is 8.67. The van der Waals surface area contributed by atoms with Gasteiger partial charge in [-0.3, -0.25) is 4.57 Å². The van der Waals surface area contributed by atoms with Crippen LogP contribution in [-0.4, -0.2) is 19.7 Å². The van der Waals surface area contributed by atoms with Gasteiger partial charge in [0.25, 0.3) is 0 Å². The van der Waals surface area contributed by atoms with E-state index in [1.54, 1.807) is 23.1 Å². The third-order valence-corrected chi connectivity index (χ3v) is 8.28. The summed E-state index contributed by atoms with van der Waals surface area (Å²) in [6.07, 6.45) is 0. The van der Waals surface area contributed by atoms with E-state index in [1.165, 1.54) is 16.7 Å². The van der Waals surface area contributed by atoms with Crippen molar-refractivity contribution in [2.75, 3.05) is 0 Å². The van der Waals surface area contributed by atoms with Crippen molar-refractivity contribution >= 4 is 49.9 Å². The first kappa shape index (κ1) is 23.3. The Labute approximate surface area is 216 Å². The Bertz CT molecular complexity index is 1470. The molecular formula is C27H25BrN4S2. The molecule has 0 fully saturated rings. The van der Waals surface area contributed by atoms with Gasteiger partial charge in [0.15, 0.2) is 11.0 Å². The molecule has 0 aliphatic heterocycles. The van der Waals surface area contributed by atoms with Crippen LogP contribution in [0.5, 0.6) is 0 Å². The zero-order valence-electron chi connectivity index (χ0n) is 19.5. The van der Waals surface area contributed by atoms with Gasteiger partial charge in [-0.25, -0.2) is 4.98 Å². The molecule has 0 saturated heterocycles. The summed E-state index contributed by atoms with van der Waals surface area (Å²) in [4.78, 5) is 6.17. The smallest absolute Gasteiger partial charge is 0.192 e. The van der Waals surface area contributed by atoms with Crippen molar-refractivity contribution in [2.24, 2.45) is 0 Å². The van der Waals surface area contributed by atoms with E-state index in [2.05, 4.69) is 107 Å². The highest BCUT2D eigenvalue weighted by Crippen LogP contribution is 2.37. The fourth-order valence-electron chi connectivity index (χ4n) is 4.02. The standard InChI is InChI=1S/C27H25BrN4S2/c1-16(2)32-26(30-31-27(32)34-15-19-7-5-8-20(28)13-19)22-14-24(25-9-6-10-33-25)29-23-12-18(4)17(3)11-21(22)23/h5-14,16H,15H2,1-4H3. The highest BCUT2D eigenvalue weighted by molar-refractivity contribution is 9.10. The van der Waals surface area contributed by atoms with Crippen LogP contribution in [0.2, 0.25) is 0 Å². The van der Waals surface area contributed by atoms with Crippen LogP contribution in [-0.2, 0) is 5.75 Å². The molecular weight excluding hydrogens is 524 g/mol. The molecule has 0 aliphatic carbocycles. The normalized spacial score (nSPS) is 11.6. The molecule has 0 N–H and O–H groups in total. The molecule has 3 aromatic heterocycles. The van der Waals surface area contributed by atoms with Gasteiger partial charge >= 0.3 is 0 Å². The second-order valence-corrected chi connectivity index (χ2v) is 11.5. The van der Waals surface area contributed by atoms with E-state index in [0.717, 1.165) is 48.2 Å². The Kier molecular flexibility index (Phi) is 6.60. The van der Waals surface area contributed by atoms with E-state index in [4.69, 9.17) is 10.1 Å². The third kappa shape index (κ3) is 4.57. The molecule has 0 bridgehead atoms. The molecule has 0 atom stereocenters. The quantitative estimate of drug-likeness (QED) is 0.199. The van der Waals surface area contributed by atoms with Crippen LogP contribution in [0.3, 0.4) is 0 Å². The molecule has 5 aromatic rings. The summed E-state index contributed by atoms with van der Waals surface area (Å²) >= 11 is 7.00. The van der Waals surface area contributed by atoms with Gasteiger partial charge in [-0.1, -0.05) is 45.9 Å². The second-order valence-electron chi connectivity index (χ2n) is 8.67. The number of nitrogens with zero attached hydrogens (tertiary/aromatic N) is 4. The van der Waals surface area contributed by atoms with E-state index in [0.29, 0.717) is 0 Å². The first-order valence-corrected chi connectivity index (χ1v) is 13.8. The van der Waals surface area contributed by atoms with Crippen LogP contribution < -0.4 is 0 Å². The number of pyridine rings is 1. The van der Waals surface area contributed by atoms with Crippen molar-refractivity contribution in [3.05, 3.63) is 81.1 Å². The summed E-state index contributed by atoms with van der Waals surface area (Å²) in [5.41, 5.74) is 6.78. The molecule has 0 unspecified atom stereocenters. The van der Waals surface area contributed by atoms with E-state index in [-0.39, 0.29) is 6.04 Å². The molecule has 7 heteroatoms. The Balaban J connectivity index is 1.64. The van der Waals surface area contributed by atoms with Gasteiger partial charge in [-0.05, 0) is 86.2 Å². The maximum Gasteiger partial charge on any atom is 0.192 e. The van der Waals surface area contributed by atoms with Gasteiger partial charge in [-0.2, -0.15) is 0 Å². The number of fused-ring (bicyclic) bond motifs is 1. The van der Waals surface area contributed by atoms with Gasteiger partial charge in [-0.15, -0.1) is 21.5 Å². The van der Waals surface area contributed by atoms with Crippen LogP contribution in [0.1, 0.15) is 36.6 Å². The number of thioether (sulfide) groups is 1. The predicted molar refractivity (Wildman–Crippen MR) is 148 cm³/mol. The summed E-state index contributed by atoms with van der Waals surface area (Å²) in [5, 5.41) is 13.5. The predicted octanol–water partition coefficient (Wildman–Crippen LogP) is 8.47. The fraction of sp³-hybridized carbons (Fsp3) is 0.222. The molecule has 0 aliphatic rings. The number of benzene rings is 2. The lowest BCUT2D eigenvalue weighted by molar-refractivity contribution is 0.555. The summed E-state index contributed by atoms with van der Waals surface area (Å²) in [7, 11) is 0. The highest BCUT2D eigenvalue weighted by Gasteiger charge is 2.21. The molecule has 4 nitrogen and oxygen atoms in total. The first-order chi connectivity index (χ1) is 16.4. The van der Waals surface area contributed by atoms with Crippen molar-refractivity contribution < 1.29 is 0 Å². The van der Waals surface area contributed by atoms with Gasteiger partial charge < -0.3 is 0 Å². The molecule has 172 valence electrons. The van der Waals surface area contributed by atoms with Gasteiger partial charge in [0.1, 0.15) is 0 Å². The average Bonchev–Trinajstić information content (AvgIpc) is 3.48. The second kappa shape index (κ2) is 9.64. The van der Waals surface area contributed by atoms with Crippen molar-refractivity contribution in [1.82, 2.24) is 19.7 Å². The molecule has 0 saturated carbocycles. The Morgan fingerprint density at radius 3 is 2.56 bits per heavy atom. The summed E-state index contributed by atoms with van der Waals surface area (Å²) in [5.74, 6) is 1.72. The van der Waals surface area contributed by atoms with Crippen LogP contribution in [0.15, 0.2) is 69.6 Å². The lowest BCUT2D eigenvalue weighted by Gasteiger charge is -2.16. The number of hydrogen-bond donors (Lipinski definition) is 0. The lowest BCUT2D eigenvalue weighted by atomic mass is 10.0. The highest BCUT2D eigenvalue weighted by atomic mass is 79.9. The van der Waals surface area contributed by atoms with Crippen LogP contribution in [0, 0.1) is 13.8 Å². The largest absolute Gasteiger partial charge is 0.299 e. The van der Waals surface area contributed by atoms with Crippen molar-refractivity contribution in [1.29, 1.82) is 0 Å². The number of thiophene rings is 1. The Morgan fingerprint density at radius 1 is 1.00 bits per heavy atom.